The van der Waals surface area contributed by atoms with Gasteiger partial charge in [0.15, 0.2) is 0 Å². The Morgan fingerprint density at radius 2 is 1.84 bits per heavy atom. The van der Waals surface area contributed by atoms with Crippen LogP contribution in [0.1, 0.15) is 5.56 Å². The summed E-state index contributed by atoms with van der Waals surface area (Å²) in [6.07, 6.45) is -4.89. The molecule has 1 fully saturated rings. The number of carbonyl (C=O) groups excluding carboxylic acids is 1. The highest BCUT2D eigenvalue weighted by molar-refractivity contribution is 5.94. The van der Waals surface area contributed by atoms with E-state index in [2.05, 4.69) is 10.2 Å². The topological polar surface area (TPSA) is 88.0 Å². The Morgan fingerprint density at radius 3 is 2.42 bits per heavy atom. The third-order valence-corrected chi connectivity index (χ3v) is 4.83. The first kappa shape index (κ1) is 22.3. The van der Waals surface area contributed by atoms with Gasteiger partial charge in [0, 0.05) is 43.3 Å². The van der Waals surface area contributed by atoms with Crippen LogP contribution >= 0.6 is 0 Å². The lowest BCUT2D eigenvalue weighted by atomic mass is 10.1. The average molecular weight is 438 g/mol. The van der Waals surface area contributed by atoms with E-state index in [0.29, 0.717) is 25.0 Å². The lowest BCUT2D eigenvalue weighted by molar-refractivity contribution is -0.388. The molecule has 0 atom stereocenters. The normalized spacial score (nSPS) is 14.3. The van der Waals surface area contributed by atoms with E-state index in [1.165, 1.54) is 18.0 Å². The number of carbonyl (C=O) groups is 1. The number of amides is 1. The fourth-order valence-corrected chi connectivity index (χ4v) is 3.23. The van der Waals surface area contributed by atoms with E-state index in [0.717, 1.165) is 24.8 Å². The van der Waals surface area contributed by atoms with Crippen molar-refractivity contribution >= 4 is 28.7 Å². The van der Waals surface area contributed by atoms with Crippen molar-refractivity contribution in [3.05, 3.63) is 58.1 Å². The van der Waals surface area contributed by atoms with E-state index in [9.17, 15) is 28.1 Å². The highest BCUT2D eigenvalue weighted by Crippen LogP contribution is 2.38. The van der Waals surface area contributed by atoms with Gasteiger partial charge < -0.3 is 19.9 Å². The number of nitro benzene ring substituents is 1. The molecule has 1 aliphatic heterocycles. The van der Waals surface area contributed by atoms with Crippen molar-refractivity contribution in [1.29, 1.82) is 0 Å². The smallest absolute Gasteiger partial charge is 0.378 e. The van der Waals surface area contributed by atoms with Crippen LogP contribution in [0, 0.1) is 10.1 Å². The monoisotopic (exact) mass is 438 g/mol. The second-order valence-electron chi connectivity index (χ2n) is 7.01. The molecule has 0 aromatic heterocycles. The molecule has 1 N–H and O–H groups in total. The number of nitrogens with one attached hydrogen (secondary N) is 1. The minimum absolute atomic E-state index is 0.0377. The van der Waals surface area contributed by atoms with Crippen LogP contribution in [-0.2, 0) is 15.7 Å². The first-order valence-electron chi connectivity index (χ1n) is 9.44. The number of rotatable bonds is 6. The molecule has 11 heteroatoms. The summed E-state index contributed by atoms with van der Waals surface area (Å²) in [5.74, 6) is -0.437. The van der Waals surface area contributed by atoms with Gasteiger partial charge in [-0.1, -0.05) is 0 Å². The second-order valence-corrected chi connectivity index (χ2v) is 7.01. The standard InChI is InChI=1S/C20H21F3N4O4/c1-25(16-6-7-18(27(29)30)17(12-16)20(21,22)23)13-19(28)24-14-2-4-15(5-3-14)26-8-10-31-11-9-26/h2-7,12H,8-11,13H2,1H3,(H,24,28). The van der Waals surface area contributed by atoms with Gasteiger partial charge in [0.05, 0.1) is 24.7 Å². The van der Waals surface area contributed by atoms with Crippen LogP contribution in [0.2, 0.25) is 0 Å². The molecule has 1 heterocycles. The van der Waals surface area contributed by atoms with Crippen molar-refractivity contribution in [1.82, 2.24) is 0 Å². The summed E-state index contributed by atoms with van der Waals surface area (Å²) in [5.41, 5.74) is -0.801. The fraction of sp³-hybridized carbons (Fsp3) is 0.350. The van der Waals surface area contributed by atoms with Gasteiger partial charge in [-0.25, -0.2) is 0 Å². The molecule has 31 heavy (non-hydrogen) atoms. The fourth-order valence-electron chi connectivity index (χ4n) is 3.23. The van der Waals surface area contributed by atoms with Crippen LogP contribution in [0.3, 0.4) is 0 Å². The number of anilines is 3. The Hall–Kier alpha value is -3.34. The zero-order chi connectivity index (χ0) is 22.6. The Balaban J connectivity index is 1.64. The first-order valence-corrected chi connectivity index (χ1v) is 9.44. The Kier molecular flexibility index (Phi) is 6.64. The highest BCUT2D eigenvalue weighted by atomic mass is 19.4. The van der Waals surface area contributed by atoms with Crippen LogP contribution < -0.4 is 15.1 Å². The van der Waals surface area contributed by atoms with Gasteiger partial charge >= 0.3 is 6.18 Å². The summed E-state index contributed by atoms with van der Waals surface area (Å²) in [6, 6.07) is 9.87. The molecule has 0 spiro atoms. The van der Waals surface area contributed by atoms with E-state index in [1.807, 2.05) is 12.1 Å². The molecule has 0 unspecified atom stereocenters. The molecule has 166 valence electrons. The summed E-state index contributed by atoms with van der Waals surface area (Å²) in [6.45, 7) is 2.64. The molecule has 1 saturated heterocycles. The van der Waals surface area contributed by atoms with Crippen molar-refractivity contribution in [3.63, 3.8) is 0 Å². The predicted octanol–water partition coefficient (Wildman–Crippen LogP) is 3.53. The molecule has 1 amide bonds. The molecule has 1 aliphatic rings. The lowest BCUT2D eigenvalue weighted by Gasteiger charge is -2.29. The highest BCUT2D eigenvalue weighted by Gasteiger charge is 2.38. The average Bonchev–Trinajstić information content (AvgIpc) is 2.73. The van der Waals surface area contributed by atoms with E-state index in [1.54, 1.807) is 12.1 Å². The third-order valence-electron chi connectivity index (χ3n) is 4.83. The molecular formula is C20H21F3N4O4. The van der Waals surface area contributed by atoms with E-state index >= 15 is 0 Å². The van der Waals surface area contributed by atoms with Crippen LogP contribution in [0.15, 0.2) is 42.5 Å². The largest absolute Gasteiger partial charge is 0.423 e. The summed E-state index contributed by atoms with van der Waals surface area (Å²) in [4.78, 5) is 25.6. The van der Waals surface area contributed by atoms with Crippen LogP contribution in [-0.4, -0.2) is 50.7 Å². The maximum Gasteiger partial charge on any atom is 0.423 e. The summed E-state index contributed by atoms with van der Waals surface area (Å²) < 4.78 is 44.8. The van der Waals surface area contributed by atoms with Crippen molar-refractivity contribution < 1.29 is 27.6 Å². The zero-order valence-electron chi connectivity index (χ0n) is 16.7. The summed E-state index contributed by atoms with van der Waals surface area (Å²) in [5, 5.41) is 13.6. The predicted molar refractivity (Wildman–Crippen MR) is 109 cm³/mol. The minimum atomic E-state index is -4.89. The molecule has 2 aromatic carbocycles. The van der Waals surface area contributed by atoms with E-state index in [4.69, 9.17) is 4.74 Å². The SMILES string of the molecule is CN(CC(=O)Nc1ccc(N2CCOCC2)cc1)c1ccc([N+](=O)[O-])c(C(F)(F)F)c1. The Morgan fingerprint density at radius 1 is 1.19 bits per heavy atom. The Bertz CT molecular complexity index is 944. The second kappa shape index (κ2) is 9.21. The van der Waals surface area contributed by atoms with Crippen LogP contribution in [0.25, 0.3) is 0 Å². The maximum absolute atomic E-state index is 13.2. The van der Waals surface area contributed by atoms with Crippen molar-refractivity contribution in [3.8, 4) is 0 Å². The van der Waals surface area contributed by atoms with Crippen molar-refractivity contribution in [2.24, 2.45) is 0 Å². The number of hydrogen-bond donors (Lipinski definition) is 1. The number of nitrogens with zero attached hydrogens (tertiary/aromatic N) is 3. The van der Waals surface area contributed by atoms with Gasteiger partial charge in [-0.3, -0.25) is 14.9 Å². The van der Waals surface area contributed by atoms with Crippen LogP contribution in [0.4, 0.5) is 35.9 Å². The quantitative estimate of drug-likeness (QED) is 0.549. The molecule has 0 aliphatic carbocycles. The number of likely N-dealkylation sites (N-methyl/N-ethyl adjacent to an activating group) is 1. The van der Waals surface area contributed by atoms with Gasteiger partial charge in [-0.15, -0.1) is 0 Å². The lowest BCUT2D eigenvalue weighted by Crippen LogP contribution is -2.36. The Labute approximate surface area is 176 Å². The van der Waals surface area contributed by atoms with Crippen molar-refractivity contribution in [2.75, 3.05) is 55.0 Å². The molecule has 3 rings (SSSR count). The van der Waals surface area contributed by atoms with E-state index < -0.39 is 28.3 Å². The maximum atomic E-state index is 13.2. The molecule has 2 aromatic rings. The first-order chi connectivity index (χ1) is 14.6. The number of benzene rings is 2. The summed E-state index contributed by atoms with van der Waals surface area (Å²) >= 11 is 0. The van der Waals surface area contributed by atoms with Gasteiger partial charge in [0.1, 0.15) is 5.56 Å². The van der Waals surface area contributed by atoms with Gasteiger partial charge in [-0.05, 0) is 36.4 Å². The number of morpholine rings is 1. The molecule has 0 saturated carbocycles. The number of alkyl halides is 3. The van der Waals surface area contributed by atoms with Gasteiger partial charge in [0.2, 0.25) is 5.91 Å². The van der Waals surface area contributed by atoms with Crippen molar-refractivity contribution in [2.45, 2.75) is 6.18 Å². The third kappa shape index (κ3) is 5.63. The zero-order valence-corrected chi connectivity index (χ0v) is 16.7. The van der Waals surface area contributed by atoms with Gasteiger partial charge in [-0.2, -0.15) is 13.2 Å². The number of halogens is 3. The van der Waals surface area contributed by atoms with Crippen LogP contribution in [0.5, 0.6) is 0 Å². The summed E-state index contributed by atoms with van der Waals surface area (Å²) in [7, 11) is 1.43. The minimum Gasteiger partial charge on any atom is -0.378 e. The number of hydrogen-bond acceptors (Lipinski definition) is 6. The number of ether oxygens (including phenoxy) is 1. The molecule has 0 radical (unpaired) electrons. The number of nitro groups is 1. The molecule has 8 nitrogen and oxygen atoms in total. The van der Waals surface area contributed by atoms with E-state index in [-0.39, 0.29) is 12.2 Å². The molecule has 0 bridgehead atoms. The van der Waals surface area contributed by atoms with Gasteiger partial charge in [0.25, 0.3) is 5.69 Å². The molecular weight excluding hydrogens is 417 g/mol.